The number of nitrogen functional groups attached to an aromatic ring is 1. The first-order valence-corrected chi connectivity index (χ1v) is 11.7. The predicted octanol–water partition coefficient (Wildman–Crippen LogP) is 2.42. The van der Waals surface area contributed by atoms with Gasteiger partial charge in [0.15, 0.2) is 6.61 Å². The van der Waals surface area contributed by atoms with Gasteiger partial charge in [0.2, 0.25) is 0 Å². The molecule has 0 saturated heterocycles. The molecule has 36 heavy (non-hydrogen) atoms. The van der Waals surface area contributed by atoms with Crippen LogP contribution in [-0.4, -0.2) is 35.0 Å². The number of ether oxygens (including phenoxy) is 1. The third kappa shape index (κ3) is 4.52. The fourth-order valence-electron chi connectivity index (χ4n) is 4.59. The molecule has 3 aromatic rings. The van der Waals surface area contributed by atoms with Gasteiger partial charge in [-0.1, -0.05) is 30.3 Å². The maximum absolute atomic E-state index is 13.0. The monoisotopic (exact) mass is 486 g/mol. The predicted molar refractivity (Wildman–Crippen MR) is 134 cm³/mol. The van der Waals surface area contributed by atoms with Gasteiger partial charge < -0.3 is 31.4 Å². The van der Waals surface area contributed by atoms with Crippen molar-refractivity contribution in [2.45, 2.75) is 31.8 Å². The minimum absolute atomic E-state index is 0.0359. The minimum atomic E-state index is -0.658. The fourth-order valence-corrected chi connectivity index (χ4v) is 4.59. The van der Waals surface area contributed by atoms with Crippen LogP contribution in [0.2, 0.25) is 0 Å². The molecule has 5 rings (SSSR count). The van der Waals surface area contributed by atoms with Gasteiger partial charge in [0.1, 0.15) is 11.5 Å². The number of rotatable bonds is 6. The quantitative estimate of drug-likeness (QED) is 0.294. The Kier molecular flexibility index (Phi) is 6.16. The zero-order chi connectivity index (χ0) is 25.2. The summed E-state index contributed by atoms with van der Waals surface area (Å²) in [6.07, 6.45) is 4.21. The van der Waals surface area contributed by atoms with Crippen molar-refractivity contribution in [3.63, 3.8) is 0 Å². The Balaban J connectivity index is 1.23. The molecule has 0 radical (unpaired) electrons. The molecular weight excluding hydrogens is 460 g/mol. The van der Waals surface area contributed by atoms with Crippen LogP contribution in [0.25, 0.3) is 0 Å². The molecule has 10 heteroatoms. The molecule has 0 bridgehead atoms. The van der Waals surface area contributed by atoms with Crippen LogP contribution in [0.3, 0.4) is 0 Å². The normalized spacial score (nSPS) is 16.1. The van der Waals surface area contributed by atoms with Crippen molar-refractivity contribution in [3.8, 4) is 5.75 Å². The van der Waals surface area contributed by atoms with E-state index in [0.717, 1.165) is 24.8 Å². The van der Waals surface area contributed by atoms with Gasteiger partial charge in [0.25, 0.3) is 17.7 Å². The van der Waals surface area contributed by atoms with E-state index in [2.05, 4.69) is 27.0 Å². The number of aromatic nitrogens is 1. The molecule has 2 heterocycles. The number of carbonyl (C=O) groups is 3. The van der Waals surface area contributed by atoms with E-state index in [1.54, 1.807) is 18.2 Å². The summed E-state index contributed by atoms with van der Waals surface area (Å²) in [6, 6.07) is 13.1. The third-order valence-electron chi connectivity index (χ3n) is 6.45. The Morgan fingerprint density at radius 2 is 2.03 bits per heavy atom. The largest absolute Gasteiger partial charge is 0.482 e. The van der Waals surface area contributed by atoms with Crippen LogP contribution in [0, 0.1) is 5.41 Å². The number of H-pyrrole nitrogens is 1. The van der Waals surface area contributed by atoms with Crippen LogP contribution in [0.5, 0.6) is 5.75 Å². The molecule has 1 aliphatic carbocycles. The molecule has 1 atom stereocenters. The summed E-state index contributed by atoms with van der Waals surface area (Å²) < 4.78 is 5.33. The Hall–Kier alpha value is -4.60. The first-order chi connectivity index (χ1) is 17.4. The molecule has 2 aromatic carbocycles. The summed E-state index contributed by atoms with van der Waals surface area (Å²) in [6.45, 7) is 0.0885. The maximum atomic E-state index is 13.0. The SMILES string of the molecule is N=C(C(=O)NCc1ccc2c(c1)NC(=O)CO2)c1[nH]cc(C(=O)N[C@@H]2CCCc3ccccc32)c1N. The smallest absolute Gasteiger partial charge is 0.271 e. The van der Waals surface area contributed by atoms with Gasteiger partial charge in [-0.2, -0.15) is 0 Å². The zero-order valence-electron chi connectivity index (χ0n) is 19.4. The van der Waals surface area contributed by atoms with Gasteiger partial charge >= 0.3 is 0 Å². The molecule has 1 aliphatic heterocycles. The lowest BCUT2D eigenvalue weighted by molar-refractivity contribution is -0.118. The summed E-state index contributed by atoms with van der Waals surface area (Å²) >= 11 is 0. The topological polar surface area (TPSA) is 162 Å². The number of fused-ring (bicyclic) bond motifs is 2. The van der Waals surface area contributed by atoms with E-state index >= 15 is 0 Å². The average molecular weight is 487 g/mol. The van der Waals surface area contributed by atoms with Gasteiger partial charge in [0, 0.05) is 12.7 Å². The van der Waals surface area contributed by atoms with E-state index in [9.17, 15) is 14.4 Å². The van der Waals surface area contributed by atoms with E-state index < -0.39 is 5.91 Å². The lowest BCUT2D eigenvalue weighted by Gasteiger charge is -2.26. The molecule has 2 aliphatic rings. The molecule has 184 valence electrons. The Morgan fingerprint density at radius 3 is 2.89 bits per heavy atom. The van der Waals surface area contributed by atoms with Crippen LogP contribution in [-0.2, 0) is 22.6 Å². The Morgan fingerprint density at radius 1 is 1.19 bits per heavy atom. The molecule has 1 aromatic heterocycles. The number of nitrogens with one attached hydrogen (secondary N) is 5. The van der Waals surface area contributed by atoms with Gasteiger partial charge in [-0.15, -0.1) is 0 Å². The van der Waals surface area contributed by atoms with Crippen molar-refractivity contribution in [1.82, 2.24) is 15.6 Å². The molecule has 10 nitrogen and oxygen atoms in total. The number of hydrogen-bond acceptors (Lipinski definition) is 6. The Bertz CT molecular complexity index is 1380. The number of aryl methyl sites for hydroxylation is 1. The standard InChI is InChI=1S/C26H26N6O4/c27-22-17(25(34)32-18-7-3-5-15-4-1-2-6-16(15)18)12-29-24(22)23(28)26(35)30-11-14-8-9-20-19(10-14)31-21(33)13-36-20/h1-2,4,6,8-10,12,18,28-29H,3,5,7,11,13,27H2,(H,30,35)(H,31,33)(H,32,34)/t18-/m1/s1. The summed E-state index contributed by atoms with van der Waals surface area (Å²) in [5.41, 5.74) is 9.67. The lowest BCUT2D eigenvalue weighted by Crippen LogP contribution is -2.32. The van der Waals surface area contributed by atoms with Crippen LogP contribution >= 0.6 is 0 Å². The molecule has 0 saturated carbocycles. The van der Waals surface area contributed by atoms with E-state index in [0.29, 0.717) is 17.0 Å². The highest BCUT2D eigenvalue weighted by Gasteiger charge is 2.26. The molecule has 7 N–H and O–H groups in total. The maximum Gasteiger partial charge on any atom is 0.271 e. The number of aromatic amines is 1. The zero-order valence-corrected chi connectivity index (χ0v) is 19.4. The average Bonchev–Trinajstić information content (AvgIpc) is 3.28. The molecular formula is C26H26N6O4. The van der Waals surface area contributed by atoms with E-state index in [4.69, 9.17) is 15.9 Å². The Labute approximate surface area is 207 Å². The van der Waals surface area contributed by atoms with Crippen molar-refractivity contribution in [3.05, 3.63) is 76.6 Å². The number of benzene rings is 2. The summed E-state index contributed by atoms with van der Waals surface area (Å²) in [4.78, 5) is 39.9. The van der Waals surface area contributed by atoms with Crippen molar-refractivity contribution >= 4 is 34.8 Å². The van der Waals surface area contributed by atoms with Crippen molar-refractivity contribution < 1.29 is 19.1 Å². The van der Waals surface area contributed by atoms with Crippen molar-refractivity contribution in [2.24, 2.45) is 0 Å². The number of hydrogen-bond donors (Lipinski definition) is 6. The van der Waals surface area contributed by atoms with E-state index in [1.807, 2.05) is 18.2 Å². The first-order valence-electron chi connectivity index (χ1n) is 11.7. The van der Waals surface area contributed by atoms with Crippen LogP contribution in [0.15, 0.2) is 48.7 Å². The number of carbonyl (C=O) groups excluding carboxylic acids is 3. The fraction of sp³-hybridized carbons (Fsp3) is 0.231. The number of anilines is 2. The van der Waals surface area contributed by atoms with Gasteiger partial charge in [-0.3, -0.25) is 19.8 Å². The summed E-state index contributed by atoms with van der Waals surface area (Å²) in [5, 5.41) is 16.7. The first kappa shape index (κ1) is 23.2. The highest BCUT2D eigenvalue weighted by molar-refractivity contribution is 6.44. The highest BCUT2D eigenvalue weighted by Crippen LogP contribution is 2.30. The van der Waals surface area contributed by atoms with Crippen molar-refractivity contribution in [1.29, 1.82) is 5.41 Å². The third-order valence-corrected chi connectivity index (χ3v) is 6.45. The minimum Gasteiger partial charge on any atom is -0.482 e. The molecule has 0 spiro atoms. The lowest BCUT2D eigenvalue weighted by atomic mass is 9.87. The number of nitrogens with two attached hydrogens (primary N) is 1. The second kappa shape index (κ2) is 9.57. The van der Waals surface area contributed by atoms with Crippen LogP contribution in [0.1, 0.15) is 51.6 Å². The van der Waals surface area contributed by atoms with Crippen LogP contribution in [0.4, 0.5) is 11.4 Å². The molecule has 0 fully saturated rings. The van der Waals surface area contributed by atoms with Crippen LogP contribution < -0.4 is 26.4 Å². The highest BCUT2D eigenvalue weighted by atomic mass is 16.5. The number of amides is 3. The van der Waals surface area contributed by atoms with E-state index in [-0.39, 0.29) is 53.7 Å². The van der Waals surface area contributed by atoms with Gasteiger partial charge in [-0.05, 0) is 48.1 Å². The van der Waals surface area contributed by atoms with Crippen molar-refractivity contribution in [2.75, 3.05) is 17.7 Å². The van der Waals surface area contributed by atoms with E-state index in [1.165, 1.54) is 11.8 Å². The second-order valence-corrected chi connectivity index (χ2v) is 8.83. The summed E-state index contributed by atoms with van der Waals surface area (Å²) in [7, 11) is 0. The molecule has 3 amide bonds. The van der Waals surface area contributed by atoms with Gasteiger partial charge in [0.05, 0.1) is 28.7 Å². The molecule has 0 unspecified atom stereocenters. The second-order valence-electron chi connectivity index (χ2n) is 8.83. The summed E-state index contributed by atoms with van der Waals surface area (Å²) in [5.74, 6) is -0.711. The van der Waals surface area contributed by atoms with Gasteiger partial charge in [-0.25, -0.2) is 0 Å².